The molecule has 11 heteroatoms. The number of nitrogens with zero attached hydrogens (tertiary/aromatic N) is 2. The van der Waals surface area contributed by atoms with Crippen LogP contribution in [0.1, 0.15) is 36.8 Å². The number of nitrogens with one attached hydrogen (secondary N) is 2. The van der Waals surface area contributed by atoms with Crippen molar-refractivity contribution < 1.29 is 33.4 Å². The summed E-state index contributed by atoms with van der Waals surface area (Å²) in [6.45, 7) is 3.51. The summed E-state index contributed by atoms with van der Waals surface area (Å²) in [5, 5.41) is 16.2. The van der Waals surface area contributed by atoms with Gasteiger partial charge in [-0.05, 0) is 55.7 Å². The highest BCUT2D eigenvalue weighted by Crippen LogP contribution is 2.39. The summed E-state index contributed by atoms with van der Waals surface area (Å²) in [6, 6.07) is 9.01. The first-order valence-corrected chi connectivity index (χ1v) is 12.7. The molecule has 5 rings (SSSR count). The van der Waals surface area contributed by atoms with Crippen LogP contribution in [0.4, 0.5) is 0 Å². The lowest BCUT2D eigenvalue weighted by atomic mass is 10.1. The van der Waals surface area contributed by atoms with Crippen molar-refractivity contribution in [2.24, 2.45) is 0 Å². The van der Waals surface area contributed by atoms with E-state index >= 15 is 0 Å². The van der Waals surface area contributed by atoms with E-state index < -0.39 is 6.04 Å². The van der Waals surface area contributed by atoms with Gasteiger partial charge in [-0.15, -0.1) is 0 Å². The topological polar surface area (TPSA) is 143 Å². The Morgan fingerprint density at radius 2 is 2.00 bits per heavy atom. The largest absolute Gasteiger partial charge is 0.504 e. The Hall–Kier alpha value is -4.54. The molecule has 2 aliphatic heterocycles. The summed E-state index contributed by atoms with van der Waals surface area (Å²) < 4.78 is 17.4. The van der Waals surface area contributed by atoms with Gasteiger partial charge in [-0.3, -0.25) is 14.4 Å². The minimum atomic E-state index is -0.734. The van der Waals surface area contributed by atoms with Gasteiger partial charge in [-0.2, -0.15) is 0 Å². The minimum absolute atomic E-state index is 0.0735. The van der Waals surface area contributed by atoms with Crippen LogP contribution in [0.2, 0.25) is 0 Å². The van der Waals surface area contributed by atoms with Gasteiger partial charge in [0, 0.05) is 31.5 Å². The number of hydrogen-bond donors (Lipinski definition) is 3. The number of methoxy groups -OCH3 is 1. The fourth-order valence-electron chi connectivity index (χ4n) is 4.95. The minimum Gasteiger partial charge on any atom is -0.504 e. The molecule has 1 saturated heterocycles. The number of ether oxygens (including phenoxy) is 2. The number of hydrogen-bond acceptors (Lipinski definition) is 8. The van der Waals surface area contributed by atoms with Crippen LogP contribution < -0.4 is 20.1 Å². The second-order valence-electron chi connectivity index (χ2n) is 9.70. The predicted octanol–water partition coefficient (Wildman–Crippen LogP) is 2.82. The average Bonchev–Trinajstić information content (AvgIpc) is 3.50. The molecular weight excluding hydrogens is 504 g/mol. The molecule has 0 aliphatic carbocycles. The van der Waals surface area contributed by atoms with Crippen LogP contribution >= 0.6 is 0 Å². The van der Waals surface area contributed by atoms with Crippen molar-refractivity contribution in [3.05, 3.63) is 53.4 Å². The molecule has 6 bridgehead atoms. The van der Waals surface area contributed by atoms with Gasteiger partial charge < -0.3 is 34.5 Å². The molecule has 3 aromatic rings. The number of aromatic hydroxyl groups is 1. The fourth-order valence-corrected chi connectivity index (χ4v) is 4.95. The number of benzene rings is 2. The first-order chi connectivity index (χ1) is 18.7. The zero-order valence-corrected chi connectivity index (χ0v) is 21.9. The number of phenols is 1. The number of fused-ring (bicyclic) bond motifs is 8. The molecule has 3 heterocycles. The van der Waals surface area contributed by atoms with Crippen molar-refractivity contribution >= 4 is 17.7 Å². The van der Waals surface area contributed by atoms with Crippen LogP contribution in [-0.2, 0) is 27.3 Å². The average molecular weight is 535 g/mol. The lowest BCUT2D eigenvalue weighted by Gasteiger charge is -2.24. The van der Waals surface area contributed by atoms with Gasteiger partial charge in [0.15, 0.2) is 23.0 Å². The monoisotopic (exact) mass is 534 g/mol. The SMILES string of the molecule is COc1ccc2cc1Oc1cc(ccc1O)CCC(=O)N1C[C@@H](NC(C)=O)C[C@H]1C(=O)NCc1nc-2oc1C. The molecule has 3 amide bonds. The van der Waals surface area contributed by atoms with E-state index in [1.165, 1.54) is 25.0 Å². The summed E-state index contributed by atoms with van der Waals surface area (Å²) in [6.07, 6.45) is 0.802. The second-order valence-corrected chi connectivity index (χ2v) is 9.70. The molecule has 0 radical (unpaired) electrons. The van der Waals surface area contributed by atoms with Gasteiger partial charge in [0.25, 0.3) is 0 Å². The molecule has 0 unspecified atom stereocenters. The van der Waals surface area contributed by atoms with Crippen molar-refractivity contribution in [1.29, 1.82) is 0 Å². The first-order valence-electron chi connectivity index (χ1n) is 12.7. The van der Waals surface area contributed by atoms with Crippen molar-refractivity contribution in [1.82, 2.24) is 20.5 Å². The molecule has 2 aliphatic rings. The Bertz CT molecular complexity index is 1430. The van der Waals surface area contributed by atoms with E-state index in [2.05, 4.69) is 15.6 Å². The van der Waals surface area contributed by atoms with Gasteiger partial charge in [0.05, 0.1) is 13.7 Å². The molecular formula is C28H30N4O7. The molecule has 0 saturated carbocycles. The maximum atomic E-state index is 13.3. The summed E-state index contributed by atoms with van der Waals surface area (Å²) in [5.74, 6) is 1.01. The van der Waals surface area contributed by atoms with Crippen LogP contribution in [0, 0.1) is 6.92 Å². The number of oxazole rings is 1. The fraction of sp³-hybridized carbons (Fsp3) is 0.357. The quantitative estimate of drug-likeness (QED) is 0.456. The number of phenolic OH excluding ortho intramolecular Hbond substituents is 1. The number of aryl methyl sites for hydroxylation is 2. The molecule has 11 nitrogen and oxygen atoms in total. The van der Waals surface area contributed by atoms with Crippen molar-refractivity contribution in [3.8, 4) is 34.5 Å². The van der Waals surface area contributed by atoms with E-state index in [4.69, 9.17) is 13.9 Å². The van der Waals surface area contributed by atoms with E-state index in [-0.39, 0.29) is 54.8 Å². The van der Waals surface area contributed by atoms with E-state index in [1.807, 2.05) is 0 Å². The third-order valence-corrected chi connectivity index (χ3v) is 6.94. The Morgan fingerprint density at radius 1 is 1.18 bits per heavy atom. The summed E-state index contributed by atoms with van der Waals surface area (Å²) >= 11 is 0. The zero-order chi connectivity index (χ0) is 27.7. The molecule has 39 heavy (non-hydrogen) atoms. The lowest BCUT2D eigenvalue weighted by Crippen LogP contribution is -2.46. The standard InChI is InChI=1S/C28H30N4O7/c1-15-20-13-29-27(36)21-12-19(30-16(2)33)14-32(21)26(35)9-5-17-4-7-22(34)24(10-17)39-25-11-18(28(31-20)38-15)6-8-23(25)37-3/h4,6-8,10-11,19,21,34H,5,9,12-14H2,1-3H3,(H,29,36)(H,30,33)/t19-,21-/m0/s1. The highest BCUT2D eigenvalue weighted by molar-refractivity contribution is 5.89. The highest BCUT2D eigenvalue weighted by atomic mass is 16.5. The third-order valence-electron chi connectivity index (χ3n) is 6.94. The Kier molecular flexibility index (Phi) is 7.14. The molecule has 2 atom stereocenters. The molecule has 2 aromatic carbocycles. The third kappa shape index (κ3) is 5.52. The number of amides is 3. The van der Waals surface area contributed by atoms with E-state index in [1.54, 1.807) is 37.3 Å². The van der Waals surface area contributed by atoms with Crippen LogP contribution in [0.3, 0.4) is 0 Å². The second kappa shape index (κ2) is 10.7. The molecule has 3 N–H and O–H groups in total. The number of carbonyl (C=O) groups excluding carboxylic acids is 3. The van der Waals surface area contributed by atoms with Crippen molar-refractivity contribution in [3.63, 3.8) is 0 Å². The summed E-state index contributed by atoms with van der Waals surface area (Å²) in [7, 11) is 1.51. The van der Waals surface area contributed by atoms with Gasteiger partial charge in [0.2, 0.25) is 23.6 Å². The van der Waals surface area contributed by atoms with Gasteiger partial charge >= 0.3 is 0 Å². The smallest absolute Gasteiger partial charge is 0.243 e. The van der Waals surface area contributed by atoms with Crippen LogP contribution in [-0.4, -0.2) is 58.5 Å². The van der Waals surface area contributed by atoms with Gasteiger partial charge in [0.1, 0.15) is 17.5 Å². The Balaban J connectivity index is 1.53. The van der Waals surface area contributed by atoms with E-state index in [9.17, 15) is 19.5 Å². The van der Waals surface area contributed by atoms with Gasteiger partial charge in [-0.25, -0.2) is 4.98 Å². The van der Waals surface area contributed by atoms with E-state index in [0.29, 0.717) is 47.2 Å². The Labute approximate surface area is 225 Å². The summed E-state index contributed by atoms with van der Waals surface area (Å²) in [5.41, 5.74) is 1.92. The maximum Gasteiger partial charge on any atom is 0.243 e. The maximum absolute atomic E-state index is 13.3. The number of carbonyl (C=O) groups is 3. The number of rotatable bonds is 2. The normalized spacial score (nSPS) is 19.3. The first kappa shape index (κ1) is 26.1. The lowest BCUT2D eigenvalue weighted by molar-refractivity contribution is -0.138. The van der Waals surface area contributed by atoms with Crippen molar-refractivity contribution in [2.75, 3.05) is 13.7 Å². The van der Waals surface area contributed by atoms with Crippen molar-refractivity contribution in [2.45, 2.75) is 51.7 Å². The predicted molar refractivity (Wildman–Crippen MR) is 139 cm³/mol. The summed E-state index contributed by atoms with van der Waals surface area (Å²) in [4.78, 5) is 44.3. The molecule has 0 spiro atoms. The molecule has 204 valence electrons. The van der Waals surface area contributed by atoms with E-state index in [0.717, 1.165) is 5.56 Å². The molecule has 1 fully saturated rings. The molecule has 1 aromatic heterocycles. The van der Waals surface area contributed by atoms with Gasteiger partial charge in [-0.1, -0.05) is 6.07 Å². The Morgan fingerprint density at radius 3 is 2.77 bits per heavy atom. The highest BCUT2D eigenvalue weighted by Gasteiger charge is 2.39. The van der Waals surface area contributed by atoms with Crippen LogP contribution in [0.15, 0.2) is 40.8 Å². The van der Waals surface area contributed by atoms with Crippen LogP contribution in [0.5, 0.6) is 23.0 Å². The zero-order valence-electron chi connectivity index (χ0n) is 21.9. The number of aromatic nitrogens is 1. The van der Waals surface area contributed by atoms with Crippen LogP contribution in [0.25, 0.3) is 11.5 Å².